The third-order valence-electron chi connectivity index (χ3n) is 2.16. The lowest BCUT2D eigenvalue weighted by atomic mass is 10.2. The molecular formula is C10H10ClFN4. The first-order valence-electron chi connectivity index (χ1n) is 4.81. The minimum atomic E-state index is -0.258. The van der Waals surface area contributed by atoms with Gasteiger partial charge in [0, 0.05) is 0 Å². The molecule has 0 aliphatic carbocycles. The second-order valence-electron chi connectivity index (χ2n) is 3.44. The number of nitrogens with zero attached hydrogens (tertiary/aromatic N) is 4. The third kappa shape index (κ3) is 2.36. The van der Waals surface area contributed by atoms with E-state index in [2.05, 4.69) is 15.5 Å². The van der Waals surface area contributed by atoms with Gasteiger partial charge in [0.1, 0.15) is 5.82 Å². The highest BCUT2D eigenvalue weighted by Crippen LogP contribution is 2.16. The quantitative estimate of drug-likeness (QED) is 0.773. The molecule has 0 bridgehead atoms. The molecule has 1 atom stereocenters. The van der Waals surface area contributed by atoms with Crippen LogP contribution in [0.15, 0.2) is 24.3 Å². The van der Waals surface area contributed by atoms with Gasteiger partial charge in [0.05, 0.1) is 11.9 Å². The fourth-order valence-corrected chi connectivity index (χ4v) is 1.53. The maximum absolute atomic E-state index is 12.7. The molecule has 2 aromatic rings. The summed E-state index contributed by atoms with van der Waals surface area (Å²) >= 11 is 5.92. The van der Waals surface area contributed by atoms with Crippen LogP contribution in [0, 0.1) is 5.82 Å². The monoisotopic (exact) mass is 240 g/mol. The highest BCUT2D eigenvalue weighted by atomic mass is 35.5. The Balaban J connectivity index is 2.20. The van der Waals surface area contributed by atoms with Crippen molar-refractivity contribution in [2.45, 2.75) is 18.8 Å². The largest absolute Gasteiger partial charge is 0.224 e. The summed E-state index contributed by atoms with van der Waals surface area (Å²) in [6.07, 6.45) is 0. The SMILES string of the molecule is CC(Cl)c1nnnn1Cc1ccc(F)cc1. The number of rotatable bonds is 3. The van der Waals surface area contributed by atoms with Crippen molar-refractivity contribution in [2.75, 3.05) is 0 Å². The minimum Gasteiger partial charge on any atom is -0.224 e. The van der Waals surface area contributed by atoms with Crippen LogP contribution in [0.5, 0.6) is 0 Å². The normalized spacial score (nSPS) is 12.7. The Morgan fingerprint density at radius 2 is 2.06 bits per heavy atom. The van der Waals surface area contributed by atoms with Crippen LogP contribution in [0.2, 0.25) is 0 Å². The molecule has 0 fully saturated rings. The predicted octanol–water partition coefficient (Wildman–Crippen LogP) is 2.16. The Morgan fingerprint density at radius 3 is 2.69 bits per heavy atom. The smallest absolute Gasteiger partial charge is 0.169 e. The van der Waals surface area contributed by atoms with E-state index in [4.69, 9.17) is 11.6 Å². The second-order valence-corrected chi connectivity index (χ2v) is 4.09. The average Bonchev–Trinajstić information content (AvgIpc) is 2.69. The number of alkyl halides is 1. The molecule has 0 amide bonds. The molecule has 84 valence electrons. The molecule has 0 spiro atoms. The maximum Gasteiger partial charge on any atom is 0.169 e. The summed E-state index contributed by atoms with van der Waals surface area (Å²) in [5, 5.41) is 11.0. The Labute approximate surface area is 97.0 Å². The number of hydrogen-bond acceptors (Lipinski definition) is 3. The molecule has 1 unspecified atom stereocenters. The molecule has 0 N–H and O–H groups in total. The number of halogens is 2. The van der Waals surface area contributed by atoms with Crippen LogP contribution in [0.3, 0.4) is 0 Å². The number of tetrazole rings is 1. The van der Waals surface area contributed by atoms with E-state index in [1.807, 2.05) is 0 Å². The van der Waals surface area contributed by atoms with Gasteiger partial charge in [-0.3, -0.25) is 0 Å². The first-order valence-corrected chi connectivity index (χ1v) is 5.25. The van der Waals surface area contributed by atoms with Crippen LogP contribution in [-0.2, 0) is 6.54 Å². The Kier molecular flexibility index (Phi) is 3.14. The van der Waals surface area contributed by atoms with Crippen LogP contribution in [-0.4, -0.2) is 20.2 Å². The van der Waals surface area contributed by atoms with E-state index in [0.29, 0.717) is 12.4 Å². The minimum absolute atomic E-state index is 0.254. The first-order chi connectivity index (χ1) is 7.66. The highest BCUT2D eigenvalue weighted by molar-refractivity contribution is 6.20. The van der Waals surface area contributed by atoms with Crippen LogP contribution < -0.4 is 0 Å². The molecule has 16 heavy (non-hydrogen) atoms. The van der Waals surface area contributed by atoms with Gasteiger partial charge >= 0.3 is 0 Å². The molecule has 0 saturated carbocycles. The van der Waals surface area contributed by atoms with E-state index in [1.165, 1.54) is 12.1 Å². The van der Waals surface area contributed by atoms with Gasteiger partial charge in [-0.25, -0.2) is 9.07 Å². The van der Waals surface area contributed by atoms with Crippen molar-refractivity contribution in [2.24, 2.45) is 0 Å². The molecular weight excluding hydrogens is 231 g/mol. The second kappa shape index (κ2) is 4.57. The van der Waals surface area contributed by atoms with E-state index in [9.17, 15) is 4.39 Å². The molecule has 0 saturated heterocycles. The molecule has 6 heteroatoms. The summed E-state index contributed by atoms with van der Waals surface area (Å²) in [6, 6.07) is 6.20. The van der Waals surface area contributed by atoms with Crippen molar-refractivity contribution >= 4 is 11.6 Å². The van der Waals surface area contributed by atoms with Crippen molar-refractivity contribution < 1.29 is 4.39 Å². The van der Waals surface area contributed by atoms with E-state index < -0.39 is 0 Å². The van der Waals surface area contributed by atoms with Gasteiger partial charge in [0.2, 0.25) is 0 Å². The summed E-state index contributed by atoms with van der Waals surface area (Å²) in [4.78, 5) is 0. The van der Waals surface area contributed by atoms with Gasteiger partial charge in [-0.2, -0.15) is 0 Å². The molecule has 2 rings (SSSR count). The fourth-order valence-electron chi connectivity index (χ4n) is 1.37. The van der Waals surface area contributed by atoms with Crippen molar-refractivity contribution in [3.63, 3.8) is 0 Å². The number of aromatic nitrogens is 4. The summed E-state index contributed by atoms with van der Waals surface area (Å²) in [6.45, 7) is 2.29. The summed E-state index contributed by atoms with van der Waals surface area (Å²) < 4.78 is 14.3. The van der Waals surface area contributed by atoms with Gasteiger partial charge < -0.3 is 0 Å². The van der Waals surface area contributed by atoms with Crippen molar-refractivity contribution in [3.8, 4) is 0 Å². The van der Waals surface area contributed by atoms with Crippen LogP contribution >= 0.6 is 11.6 Å². The van der Waals surface area contributed by atoms with Crippen LogP contribution in [0.25, 0.3) is 0 Å². The Bertz CT molecular complexity index is 466. The van der Waals surface area contributed by atoms with Gasteiger partial charge in [0.15, 0.2) is 5.82 Å². The van der Waals surface area contributed by atoms with Crippen molar-refractivity contribution in [1.82, 2.24) is 20.2 Å². The zero-order valence-corrected chi connectivity index (χ0v) is 9.39. The van der Waals surface area contributed by atoms with Gasteiger partial charge in [-0.15, -0.1) is 16.7 Å². The topological polar surface area (TPSA) is 43.6 Å². The molecule has 0 radical (unpaired) electrons. The highest BCUT2D eigenvalue weighted by Gasteiger charge is 2.11. The van der Waals surface area contributed by atoms with Crippen molar-refractivity contribution in [3.05, 3.63) is 41.5 Å². The molecule has 1 aromatic heterocycles. The van der Waals surface area contributed by atoms with E-state index in [-0.39, 0.29) is 11.2 Å². The number of benzene rings is 1. The molecule has 1 heterocycles. The third-order valence-corrected chi connectivity index (χ3v) is 2.36. The van der Waals surface area contributed by atoms with Gasteiger partial charge in [-0.1, -0.05) is 12.1 Å². The molecule has 0 aliphatic heterocycles. The Morgan fingerprint density at radius 1 is 1.38 bits per heavy atom. The molecule has 4 nitrogen and oxygen atoms in total. The van der Waals surface area contributed by atoms with E-state index >= 15 is 0 Å². The summed E-state index contributed by atoms with van der Waals surface area (Å²) in [7, 11) is 0. The lowest BCUT2D eigenvalue weighted by Gasteiger charge is -2.05. The summed E-state index contributed by atoms with van der Waals surface area (Å²) in [5.74, 6) is 0.345. The zero-order valence-electron chi connectivity index (χ0n) is 8.64. The lowest BCUT2D eigenvalue weighted by Crippen LogP contribution is -2.07. The van der Waals surface area contributed by atoms with E-state index in [1.54, 1.807) is 23.7 Å². The first kappa shape index (κ1) is 11.0. The van der Waals surface area contributed by atoms with E-state index in [0.717, 1.165) is 5.56 Å². The standard InChI is InChI=1S/C10H10ClFN4/c1-7(11)10-13-14-15-16(10)6-8-2-4-9(12)5-3-8/h2-5,7H,6H2,1H3. The molecule has 0 aliphatic rings. The Hall–Kier alpha value is -1.49. The zero-order chi connectivity index (χ0) is 11.5. The average molecular weight is 241 g/mol. The summed E-state index contributed by atoms with van der Waals surface area (Å²) in [5.41, 5.74) is 0.923. The van der Waals surface area contributed by atoms with Crippen LogP contribution in [0.1, 0.15) is 23.7 Å². The number of hydrogen-bond donors (Lipinski definition) is 0. The maximum atomic E-state index is 12.7. The van der Waals surface area contributed by atoms with Crippen LogP contribution in [0.4, 0.5) is 4.39 Å². The van der Waals surface area contributed by atoms with Gasteiger partial charge in [0.25, 0.3) is 0 Å². The van der Waals surface area contributed by atoms with Crippen molar-refractivity contribution in [1.29, 1.82) is 0 Å². The predicted molar refractivity (Wildman–Crippen MR) is 57.6 cm³/mol. The van der Waals surface area contributed by atoms with Gasteiger partial charge in [-0.05, 0) is 35.0 Å². The molecule has 1 aromatic carbocycles. The lowest BCUT2D eigenvalue weighted by molar-refractivity contribution is 0.609. The fraction of sp³-hybridized carbons (Fsp3) is 0.300.